The highest BCUT2D eigenvalue weighted by Gasteiger charge is 2.15. The number of carbonyl (C=O) groups is 1. The molecule has 0 aliphatic carbocycles. The molecule has 4 nitrogen and oxygen atoms in total. The molecular formula is C16H24N2O2. The predicted octanol–water partition coefficient (Wildman–Crippen LogP) is 2.55. The number of benzene rings is 1. The zero-order chi connectivity index (χ0) is 14.4. The van der Waals surface area contributed by atoms with Crippen LogP contribution in [0.3, 0.4) is 0 Å². The van der Waals surface area contributed by atoms with E-state index in [2.05, 4.69) is 10.2 Å². The molecule has 1 atom stereocenters. The van der Waals surface area contributed by atoms with Crippen LogP contribution in [0, 0.1) is 0 Å². The number of hydrogen-bond acceptors (Lipinski definition) is 3. The van der Waals surface area contributed by atoms with Gasteiger partial charge in [0, 0.05) is 18.7 Å². The third-order valence-corrected chi connectivity index (χ3v) is 3.78. The van der Waals surface area contributed by atoms with Crippen molar-refractivity contribution >= 4 is 11.6 Å². The molecule has 0 radical (unpaired) electrons. The van der Waals surface area contributed by atoms with E-state index in [1.165, 1.54) is 19.3 Å². The van der Waals surface area contributed by atoms with E-state index < -0.39 is 6.10 Å². The lowest BCUT2D eigenvalue weighted by Gasteiger charge is -2.28. The van der Waals surface area contributed by atoms with Crippen molar-refractivity contribution < 1.29 is 9.90 Å². The van der Waals surface area contributed by atoms with Crippen LogP contribution in [0.2, 0.25) is 0 Å². The highest BCUT2D eigenvalue weighted by atomic mass is 16.3. The van der Waals surface area contributed by atoms with Gasteiger partial charge in [0.05, 0.1) is 6.10 Å². The van der Waals surface area contributed by atoms with Crippen molar-refractivity contribution in [2.45, 2.75) is 38.7 Å². The molecule has 0 spiro atoms. The van der Waals surface area contributed by atoms with Crippen LogP contribution in [-0.2, 0) is 4.79 Å². The standard InChI is InChI=1S/C16H24N2O2/c1-2-16(20)17-14-8-6-13(7-9-14)15(19)12-18-10-4-3-5-11-18/h6-9,15,19H,2-5,10-12H2,1H3,(H,17,20). The average molecular weight is 276 g/mol. The molecule has 1 amide bonds. The quantitative estimate of drug-likeness (QED) is 0.869. The predicted molar refractivity (Wildman–Crippen MR) is 80.6 cm³/mol. The van der Waals surface area contributed by atoms with Crippen molar-refractivity contribution in [2.24, 2.45) is 0 Å². The summed E-state index contributed by atoms with van der Waals surface area (Å²) >= 11 is 0. The summed E-state index contributed by atoms with van der Waals surface area (Å²) in [6.07, 6.45) is 3.78. The molecule has 1 aliphatic heterocycles. The fraction of sp³-hybridized carbons (Fsp3) is 0.562. The summed E-state index contributed by atoms with van der Waals surface area (Å²) in [6, 6.07) is 7.48. The van der Waals surface area contributed by atoms with E-state index in [0.717, 1.165) is 24.3 Å². The van der Waals surface area contributed by atoms with Gasteiger partial charge in [0.15, 0.2) is 0 Å². The number of carbonyl (C=O) groups excluding carboxylic acids is 1. The van der Waals surface area contributed by atoms with Crippen LogP contribution in [0.4, 0.5) is 5.69 Å². The van der Waals surface area contributed by atoms with Gasteiger partial charge in [-0.25, -0.2) is 0 Å². The second-order valence-corrected chi connectivity index (χ2v) is 5.40. The SMILES string of the molecule is CCC(=O)Nc1ccc(C(O)CN2CCCCC2)cc1. The van der Waals surface area contributed by atoms with E-state index >= 15 is 0 Å². The maximum absolute atomic E-state index is 11.3. The normalized spacial score (nSPS) is 17.7. The lowest BCUT2D eigenvalue weighted by atomic mass is 10.1. The number of aliphatic hydroxyl groups is 1. The number of rotatable bonds is 5. The highest BCUT2D eigenvalue weighted by molar-refractivity contribution is 5.90. The number of nitrogens with one attached hydrogen (secondary N) is 1. The molecular weight excluding hydrogens is 252 g/mol. The molecule has 0 bridgehead atoms. The monoisotopic (exact) mass is 276 g/mol. The van der Waals surface area contributed by atoms with Gasteiger partial charge >= 0.3 is 0 Å². The molecule has 1 saturated heterocycles. The maximum atomic E-state index is 11.3. The molecule has 1 aliphatic rings. The second kappa shape index (κ2) is 7.41. The van der Waals surface area contributed by atoms with Crippen LogP contribution in [0.5, 0.6) is 0 Å². The van der Waals surface area contributed by atoms with E-state index in [4.69, 9.17) is 0 Å². The second-order valence-electron chi connectivity index (χ2n) is 5.40. The van der Waals surface area contributed by atoms with Gasteiger partial charge in [-0.1, -0.05) is 25.5 Å². The van der Waals surface area contributed by atoms with Gasteiger partial charge in [0.2, 0.25) is 5.91 Å². The van der Waals surface area contributed by atoms with Crippen molar-refractivity contribution in [1.82, 2.24) is 4.90 Å². The van der Waals surface area contributed by atoms with Crippen molar-refractivity contribution in [3.8, 4) is 0 Å². The van der Waals surface area contributed by atoms with Gasteiger partial charge in [0.1, 0.15) is 0 Å². The van der Waals surface area contributed by atoms with Crippen molar-refractivity contribution in [3.05, 3.63) is 29.8 Å². The van der Waals surface area contributed by atoms with Crippen LogP contribution in [0.15, 0.2) is 24.3 Å². The Hall–Kier alpha value is -1.39. The van der Waals surface area contributed by atoms with E-state index in [1.807, 2.05) is 31.2 Å². The Morgan fingerprint density at radius 2 is 1.90 bits per heavy atom. The minimum atomic E-state index is -0.455. The van der Waals surface area contributed by atoms with Crippen LogP contribution in [0.1, 0.15) is 44.3 Å². The zero-order valence-electron chi connectivity index (χ0n) is 12.1. The molecule has 1 aromatic rings. The third-order valence-electron chi connectivity index (χ3n) is 3.78. The minimum absolute atomic E-state index is 0.00613. The number of piperidine rings is 1. The van der Waals surface area contributed by atoms with Crippen molar-refractivity contribution in [2.75, 3.05) is 25.0 Å². The van der Waals surface area contributed by atoms with E-state index in [1.54, 1.807) is 0 Å². The van der Waals surface area contributed by atoms with Gasteiger partial charge in [-0.05, 0) is 43.6 Å². The molecule has 0 saturated carbocycles. The molecule has 2 rings (SSSR count). The largest absolute Gasteiger partial charge is 0.387 e. The summed E-state index contributed by atoms with van der Waals surface area (Å²) in [5.74, 6) is 0.00613. The van der Waals surface area contributed by atoms with Gasteiger partial charge in [-0.3, -0.25) is 4.79 Å². The van der Waals surface area contributed by atoms with Gasteiger partial charge < -0.3 is 15.3 Å². The molecule has 4 heteroatoms. The van der Waals surface area contributed by atoms with E-state index in [9.17, 15) is 9.90 Å². The molecule has 1 unspecified atom stereocenters. The van der Waals surface area contributed by atoms with Crippen LogP contribution < -0.4 is 5.32 Å². The molecule has 0 aromatic heterocycles. The zero-order valence-corrected chi connectivity index (χ0v) is 12.1. The lowest BCUT2D eigenvalue weighted by Crippen LogP contribution is -2.33. The number of likely N-dealkylation sites (tertiary alicyclic amines) is 1. The summed E-state index contributed by atoms with van der Waals surface area (Å²) in [7, 11) is 0. The Bertz CT molecular complexity index is 425. The summed E-state index contributed by atoms with van der Waals surface area (Å²) in [5.41, 5.74) is 1.69. The first-order valence-electron chi connectivity index (χ1n) is 7.49. The molecule has 1 heterocycles. The van der Waals surface area contributed by atoms with E-state index in [0.29, 0.717) is 13.0 Å². The summed E-state index contributed by atoms with van der Waals surface area (Å²) < 4.78 is 0. The average Bonchev–Trinajstić information content (AvgIpc) is 2.49. The minimum Gasteiger partial charge on any atom is -0.387 e. The van der Waals surface area contributed by atoms with Crippen molar-refractivity contribution in [3.63, 3.8) is 0 Å². The first-order valence-corrected chi connectivity index (χ1v) is 7.49. The van der Waals surface area contributed by atoms with E-state index in [-0.39, 0.29) is 5.91 Å². The van der Waals surface area contributed by atoms with Gasteiger partial charge in [0.25, 0.3) is 0 Å². The van der Waals surface area contributed by atoms with Gasteiger partial charge in [-0.2, -0.15) is 0 Å². The first kappa shape index (κ1) is 15.0. The molecule has 110 valence electrons. The van der Waals surface area contributed by atoms with Crippen LogP contribution in [-0.4, -0.2) is 35.5 Å². The topological polar surface area (TPSA) is 52.6 Å². The highest BCUT2D eigenvalue weighted by Crippen LogP contribution is 2.19. The Labute approximate surface area is 120 Å². The van der Waals surface area contributed by atoms with Crippen molar-refractivity contribution in [1.29, 1.82) is 0 Å². The number of anilines is 1. The van der Waals surface area contributed by atoms with Crippen LogP contribution >= 0.6 is 0 Å². The fourth-order valence-electron chi connectivity index (χ4n) is 2.53. The summed E-state index contributed by atoms with van der Waals surface area (Å²) in [6.45, 7) is 4.69. The smallest absolute Gasteiger partial charge is 0.224 e. The molecule has 1 fully saturated rings. The summed E-state index contributed by atoms with van der Waals surface area (Å²) in [4.78, 5) is 13.6. The Kier molecular flexibility index (Phi) is 5.56. The van der Waals surface area contributed by atoms with Crippen LogP contribution in [0.25, 0.3) is 0 Å². The van der Waals surface area contributed by atoms with Gasteiger partial charge in [-0.15, -0.1) is 0 Å². The Morgan fingerprint density at radius 3 is 2.50 bits per heavy atom. The summed E-state index contributed by atoms with van der Waals surface area (Å²) in [5, 5.41) is 13.1. The Balaban J connectivity index is 1.89. The number of aliphatic hydroxyl groups excluding tert-OH is 1. The number of β-amino-alcohol motifs (C(OH)–C–C–N with tert-alkyl or cyclic N) is 1. The molecule has 20 heavy (non-hydrogen) atoms. The molecule has 2 N–H and O–H groups in total. The number of hydrogen-bond donors (Lipinski definition) is 2. The first-order chi connectivity index (χ1) is 9.69. The fourth-order valence-corrected chi connectivity index (χ4v) is 2.53. The molecule has 1 aromatic carbocycles. The Morgan fingerprint density at radius 1 is 1.25 bits per heavy atom. The number of amides is 1. The maximum Gasteiger partial charge on any atom is 0.224 e. The third kappa shape index (κ3) is 4.32. The lowest BCUT2D eigenvalue weighted by molar-refractivity contribution is -0.115. The number of nitrogens with zero attached hydrogens (tertiary/aromatic N) is 1.